The Morgan fingerprint density at radius 3 is 3.00 bits per heavy atom. The number of hydrogen-bond acceptors (Lipinski definition) is 3. The summed E-state index contributed by atoms with van der Waals surface area (Å²) in [5.41, 5.74) is 6.10. The van der Waals surface area contributed by atoms with Crippen LogP contribution in [-0.4, -0.2) is 6.29 Å². The molecule has 0 atom stereocenters. The van der Waals surface area contributed by atoms with Gasteiger partial charge in [-0.3, -0.25) is 4.79 Å². The summed E-state index contributed by atoms with van der Waals surface area (Å²) in [5, 5.41) is 2.17. The van der Waals surface area contributed by atoms with Crippen molar-refractivity contribution in [2.24, 2.45) is 0 Å². The minimum atomic E-state index is -0.486. The Morgan fingerprint density at radius 2 is 2.31 bits per heavy atom. The van der Waals surface area contributed by atoms with Crippen LogP contribution in [0, 0.1) is 5.82 Å². The lowest BCUT2D eigenvalue weighted by molar-refractivity contribution is 0.112. The molecule has 2 nitrogen and oxygen atoms in total. The van der Waals surface area contributed by atoms with Gasteiger partial charge >= 0.3 is 0 Å². The minimum absolute atomic E-state index is 0.0170. The fourth-order valence-electron chi connectivity index (χ4n) is 1.24. The molecule has 4 heteroatoms. The maximum Gasteiger partial charge on any atom is 0.153 e. The number of halogens is 1. The maximum atomic E-state index is 13.4. The number of carbonyl (C=O) groups is 1. The molecule has 1 heterocycles. The van der Waals surface area contributed by atoms with Crippen molar-refractivity contribution in [3.8, 4) is 0 Å². The van der Waals surface area contributed by atoms with E-state index in [0.717, 1.165) is 0 Å². The Labute approximate surface area is 77.8 Å². The molecule has 0 bridgehead atoms. The highest BCUT2D eigenvalue weighted by Gasteiger charge is 2.10. The Balaban J connectivity index is 2.93. The van der Waals surface area contributed by atoms with Gasteiger partial charge in [0.2, 0.25) is 0 Å². The van der Waals surface area contributed by atoms with Gasteiger partial charge < -0.3 is 5.73 Å². The van der Waals surface area contributed by atoms with Gasteiger partial charge in [-0.1, -0.05) is 0 Å². The van der Waals surface area contributed by atoms with E-state index in [9.17, 15) is 9.18 Å². The molecule has 1 aromatic heterocycles. The first-order chi connectivity index (χ1) is 6.24. The van der Waals surface area contributed by atoms with Crippen LogP contribution in [0.3, 0.4) is 0 Å². The largest absolute Gasteiger partial charge is 0.398 e. The first-order valence-corrected chi connectivity index (χ1v) is 4.52. The lowest BCUT2D eigenvalue weighted by Crippen LogP contribution is -1.92. The van der Waals surface area contributed by atoms with E-state index in [1.807, 2.05) is 0 Å². The van der Waals surface area contributed by atoms with Gasteiger partial charge in [-0.05, 0) is 17.5 Å². The second-order valence-electron chi connectivity index (χ2n) is 2.65. The Morgan fingerprint density at radius 1 is 1.54 bits per heavy atom. The summed E-state index contributed by atoms with van der Waals surface area (Å²) >= 11 is 1.37. The molecule has 13 heavy (non-hydrogen) atoms. The normalized spacial score (nSPS) is 10.5. The predicted molar refractivity (Wildman–Crippen MR) is 51.6 cm³/mol. The third-order valence-electron chi connectivity index (χ3n) is 1.86. The van der Waals surface area contributed by atoms with Crippen molar-refractivity contribution in [2.45, 2.75) is 0 Å². The summed E-state index contributed by atoms with van der Waals surface area (Å²) in [4.78, 5) is 10.5. The standard InChI is InChI=1S/C9H6FNOS/c10-8-5(4-12)3-7(11)9-6(8)1-2-13-9/h1-4H,11H2. The highest BCUT2D eigenvalue weighted by Crippen LogP contribution is 2.30. The second kappa shape index (κ2) is 2.81. The molecule has 0 saturated carbocycles. The molecular formula is C9H6FNOS. The summed E-state index contributed by atoms with van der Waals surface area (Å²) in [5.74, 6) is -0.486. The van der Waals surface area contributed by atoms with Crippen LogP contribution in [0.4, 0.5) is 10.1 Å². The van der Waals surface area contributed by atoms with Crippen LogP contribution in [0.5, 0.6) is 0 Å². The average molecular weight is 195 g/mol. The van der Waals surface area contributed by atoms with Gasteiger partial charge in [0.25, 0.3) is 0 Å². The molecule has 0 saturated heterocycles. The van der Waals surface area contributed by atoms with E-state index < -0.39 is 5.82 Å². The molecule has 2 rings (SSSR count). The fraction of sp³-hybridized carbons (Fsp3) is 0. The zero-order chi connectivity index (χ0) is 9.42. The van der Waals surface area contributed by atoms with Crippen molar-refractivity contribution in [1.82, 2.24) is 0 Å². The number of thiophene rings is 1. The van der Waals surface area contributed by atoms with Crippen LogP contribution in [0.1, 0.15) is 10.4 Å². The van der Waals surface area contributed by atoms with E-state index in [1.54, 1.807) is 11.4 Å². The third kappa shape index (κ3) is 1.10. The van der Waals surface area contributed by atoms with Crippen molar-refractivity contribution >= 4 is 33.4 Å². The smallest absolute Gasteiger partial charge is 0.153 e. The van der Waals surface area contributed by atoms with E-state index in [2.05, 4.69) is 0 Å². The van der Waals surface area contributed by atoms with Crippen LogP contribution in [0.15, 0.2) is 17.5 Å². The fourth-order valence-corrected chi connectivity index (χ4v) is 2.06. The van der Waals surface area contributed by atoms with Crippen molar-refractivity contribution in [2.75, 3.05) is 5.73 Å². The molecule has 0 fully saturated rings. The zero-order valence-electron chi connectivity index (χ0n) is 6.58. The van der Waals surface area contributed by atoms with E-state index in [1.165, 1.54) is 17.4 Å². The van der Waals surface area contributed by atoms with Crippen molar-refractivity contribution < 1.29 is 9.18 Å². The number of nitrogens with two attached hydrogens (primary N) is 1. The van der Waals surface area contributed by atoms with Gasteiger partial charge in [0.15, 0.2) is 6.29 Å². The predicted octanol–water partition coefficient (Wildman–Crippen LogP) is 2.44. The zero-order valence-corrected chi connectivity index (χ0v) is 7.40. The van der Waals surface area contributed by atoms with Crippen molar-refractivity contribution in [3.63, 3.8) is 0 Å². The Kier molecular flexibility index (Phi) is 1.77. The van der Waals surface area contributed by atoms with Gasteiger partial charge in [-0.25, -0.2) is 4.39 Å². The molecule has 0 unspecified atom stereocenters. The number of carbonyl (C=O) groups excluding carboxylic acids is 1. The number of fused-ring (bicyclic) bond motifs is 1. The lowest BCUT2D eigenvalue weighted by atomic mass is 10.1. The van der Waals surface area contributed by atoms with Crippen LogP contribution in [-0.2, 0) is 0 Å². The number of rotatable bonds is 1. The minimum Gasteiger partial charge on any atom is -0.398 e. The summed E-state index contributed by atoms with van der Waals surface area (Å²) < 4.78 is 14.1. The molecule has 0 amide bonds. The summed E-state index contributed by atoms with van der Waals surface area (Å²) in [6.45, 7) is 0. The monoisotopic (exact) mass is 195 g/mol. The first-order valence-electron chi connectivity index (χ1n) is 3.64. The molecule has 66 valence electrons. The Hall–Kier alpha value is -1.42. The van der Waals surface area contributed by atoms with E-state index in [0.29, 0.717) is 22.1 Å². The molecule has 0 spiro atoms. The molecule has 2 N–H and O–H groups in total. The first kappa shape index (κ1) is 8.19. The van der Waals surface area contributed by atoms with Gasteiger partial charge in [0.1, 0.15) is 5.82 Å². The summed E-state index contributed by atoms with van der Waals surface area (Å²) in [6, 6.07) is 2.99. The molecule has 0 radical (unpaired) electrons. The number of benzene rings is 1. The lowest BCUT2D eigenvalue weighted by Gasteiger charge is -1.99. The van der Waals surface area contributed by atoms with Crippen LogP contribution < -0.4 is 5.73 Å². The number of nitrogen functional groups attached to an aromatic ring is 1. The molecular weight excluding hydrogens is 189 g/mol. The van der Waals surface area contributed by atoms with Gasteiger partial charge in [-0.15, -0.1) is 11.3 Å². The topological polar surface area (TPSA) is 43.1 Å². The number of aldehydes is 1. The highest BCUT2D eigenvalue weighted by molar-refractivity contribution is 7.17. The van der Waals surface area contributed by atoms with Crippen molar-refractivity contribution in [3.05, 3.63) is 28.9 Å². The maximum absolute atomic E-state index is 13.4. The van der Waals surface area contributed by atoms with Gasteiger partial charge in [-0.2, -0.15) is 0 Å². The average Bonchev–Trinajstić information content (AvgIpc) is 2.60. The third-order valence-corrected chi connectivity index (χ3v) is 2.82. The quantitative estimate of drug-likeness (QED) is 0.561. The van der Waals surface area contributed by atoms with Crippen LogP contribution in [0.2, 0.25) is 0 Å². The molecule has 0 aliphatic carbocycles. The van der Waals surface area contributed by atoms with Crippen LogP contribution in [0.25, 0.3) is 10.1 Å². The van der Waals surface area contributed by atoms with Gasteiger partial charge in [0, 0.05) is 5.39 Å². The Bertz CT molecular complexity index is 478. The summed E-state index contributed by atoms with van der Waals surface area (Å²) in [6.07, 6.45) is 0.475. The van der Waals surface area contributed by atoms with E-state index in [4.69, 9.17) is 5.73 Å². The van der Waals surface area contributed by atoms with Crippen molar-refractivity contribution in [1.29, 1.82) is 0 Å². The molecule has 1 aromatic carbocycles. The SMILES string of the molecule is Nc1cc(C=O)c(F)c2ccsc12. The van der Waals surface area contributed by atoms with E-state index in [-0.39, 0.29) is 5.56 Å². The molecule has 0 aliphatic heterocycles. The number of anilines is 1. The second-order valence-corrected chi connectivity index (χ2v) is 3.57. The van der Waals surface area contributed by atoms with Gasteiger partial charge in [0.05, 0.1) is 16.0 Å². The summed E-state index contributed by atoms with van der Waals surface area (Å²) in [7, 11) is 0. The highest BCUT2D eigenvalue weighted by atomic mass is 32.1. The molecule has 2 aromatic rings. The van der Waals surface area contributed by atoms with Crippen LogP contribution >= 0.6 is 11.3 Å². The number of hydrogen-bond donors (Lipinski definition) is 1. The van der Waals surface area contributed by atoms with E-state index >= 15 is 0 Å². The molecule has 0 aliphatic rings.